The fraction of sp³-hybridized carbons (Fsp3) is 0.0625. The molecule has 0 bridgehead atoms. The number of hydrogen-bond donors (Lipinski definition) is 1. The molecule has 1 N–H and O–H groups in total. The van der Waals surface area contributed by atoms with Crippen molar-refractivity contribution >= 4 is 27.4 Å². The van der Waals surface area contributed by atoms with E-state index in [0.29, 0.717) is 5.56 Å². The molecule has 0 atom stereocenters. The van der Waals surface area contributed by atoms with E-state index in [1.165, 1.54) is 6.07 Å². The molecule has 0 unspecified atom stereocenters. The van der Waals surface area contributed by atoms with E-state index in [1.54, 1.807) is 23.0 Å². The number of nitrogens with zero attached hydrogens (tertiary/aromatic N) is 2. The van der Waals surface area contributed by atoms with Gasteiger partial charge in [-0.05, 0) is 39.7 Å². The largest absolute Gasteiger partial charge is 0.340 e. The first-order valence-corrected chi connectivity index (χ1v) is 7.24. The van der Waals surface area contributed by atoms with Gasteiger partial charge in [-0.15, -0.1) is 0 Å². The van der Waals surface area contributed by atoms with Crippen LogP contribution in [0.1, 0.15) is 0 Å². The summed E-state index contributed by atoms with van der Waals surface area (Å²) in [6, 6.07) is 14.4. The molecular weight excluding hydrogens is 333 g/mol. The van der Waals surface area contributed by atoms with Crippen molar-refractivity contribution in [3.63, 3.8) is 0 Å². The van der Waals surface area contributed by atoms with Crippen LogP contribution in [-0.2, 0) is 7.05 Å². The highest BCUT2D eigenvalue weighted by Gasteiger charge is 2.07. The highest BCUT2D eigenvalue weighted by atomic mass is 79.9. The summed E-state index contributed by atoms with van der Waals surface area (Å²) in [6.07, 6.45) is 1.73. The predicted octanol–water partition coefficient (Wildman–Crippen LogP) is 4.73. The van der Waals surface area contributed by atoms with E-state index >= 15 is 0 Å². The van der Waals surface area contributed by atoms with E-state index in [-0.39, 0.29) is 5.82 Å². The summed E-state index contributed by atoms with van der Waals surface area (Å²) in [7, 11) is 1.86. The van der Waals surface area contributed by atoms with Crippen molar-refractivity contribution in [2.75, 3.05) is 5.32 Å². The molecule has 0 radical (unpaired) electrons. The Morgan fingerprint density at radius 1 is 1.10 bits per heavy atom. The minimum absolute atomic E-state index is 0.215. The highest BCUT2D eigenvalue weighted by molar-refractivity contribution is 9.10. The van der Waals surface area contributed by atoms with Gasteiger partial charge in [0.2, 0.25) is 0 Å². The van der Waals surface area contributed by atoms with Crippen molar-refractivity contribution in [3.05, 3.63) is 65.0 Å². The van der Waals surface area contributed by atoms with E-state index in [0.717, 1.165) is 21.5 Å². The fourth-order valence-corrected chi connectivity index (χ4v) is 2.56. The third-order valence-corrected chi connectivity index (χ3v) is 3.81. The molecule has 0 saturated carbocycles. The zero-order valence-electron chi connectivity index (χ0n) is 11.3. The van der Waals surface area contributed by atoms with Gasteiger partial charge in [0.05, 0.1) is 10.7 Å². The van der Waals surface area contributed by atoms with E-state index in [9.17, 15) is 4.39 Å². The Morgan fingerprint density at radius 3 is 2.43 bits per heavy atom. The molecule has 3 aromatic rings. The number of aryl methyl sites for hydroxylation is 1. The van der Waals surface area contributed by atoms with Crippen LogP contribution in [0.15, 0.2) is 59.2 Å². The van der Waals surface area contributed by atoms with Crippen LogP contribution in [0, 0.1) is 5.82 Å². The molecule has 0 spiro atoms. The van der Waals surface area contributed by atoms with Gasteiger partial charge in [0.25, 0.3) is 0 Å². The highest BCUT2D eigenvalue weighted by Crippen LogP contribution is 2.27. The number of halogens is 2. The van der Waals surface area contributed by atoms with Crippen molar-refractivity contribution < 1.29 is 4.39 Å². The van der Waals surface area contributed by atoms with E-state index in [2.05, 4.69) is 26.3 Å². The standard InChI is InChI=1S/C16H13BrFN3/c1-21-16(14(17)10-19-21)20-12-8-6-11(7-9-12)13-4-2-3-5-15(13)18/h2-10,20H,1H3. The van der Waals surface area contributed by atoms with Gasteiger partial charge in [-0.1, -0.05) is 30.3 Å². The number of hydrogen-bond acceptors (Lipinski definition) is 2. The minimum Gasteiger partial charge on any atom is -0.340 e. The predicted molar refractivity (Wildman–Crippen MR) is 86.0 cm³/mol. The molecule has 0 amide bonds. The normalized spacial score (nSPS) is 10.6. The number of nitrogens with one attached hydrogen (secondary N) is 1. The Labute approximate surface area is 130 Å². The number of benzene rings is 2. The molecule has 3 rings (SSSR count). The van der Waals surface area contributed by atoms with Crippen molar-refractivity contribution in [1.82, 2.24) is 9.78 Å². The van der Waals surface area contributed by atoms with Crippen LogP contribution in [0.5, 0.6) is 0 Å². The summed E-state index contributed by atoms with van der Waals surface area (Å²) in [5.74, 6) is 0.654. The molecule has 3 nitrogen and oxygen atoms in total. The van der Waals surface area contributed by atoms with E-state index in [1.807, 2.05) is 37.4 Å². The van der Waals surface area contributed by atoms with Gasteiger partial charge in [0.1, 0.15) is 11.6 Å². The van der Waals surface area contributed by atoms with Crippen molar-refractivity contribution in [2.45, 2.75) is 0 Å². The zero-order valence-corrected chi connectivity index (χ0v) is 12.9. The Balaban J connectivity index is 1.87. The second-order valence-corrected chi connectivity index (χ2v) is 5.50. The number of rotatable bonds is 3. The van der Waals surface area contributed by atoms with Crippen molar-refractivity contribution in [2.24, 2.45) is 7.05 Å². The van der Waals surface area contributed by atoms with Crippen LogP contribution < -0.4 is 5.32 Å². The molecule has 1 heterocycles. The lowest BCUT2D eigenvalue weighted by molar-refractivity contribution is 0.631. The maximum atomic E-state index is 13.8. The maximum Gasteiger partial charge on any atom is 0.142 e. The molecule has 5 heteroatoms. The third kappa shape index (κ3) is 2.83. The van der Waals surface area contributed by atoms with Crippen molar-refractivity contribution in [1.29, 1.82) is 0 Å². The summed E-state index contributed by atoms with van der Waals surface area (Å²) < 4.78 is 16.4. The Hall–Kier alpha value is -2.14. The topological polar surface area (TPSA) is 29.9 Å². The van der Waals surface area contributed by atoms with Gasteiger partial charge in [-0.2, -0.15) is 5.10 Å². The lowest BCUT2D eigenvalue weighted by Crippen LogP contribution is -1.99. The lowest BCUT2D eigenvalue weighted by Gasteiger charge is -2.09. The molecule has 0 aliphatic rings. The summed E-state index contributed by atoms with van der Waals surface area (Å²) in [4.78, 5) is 0. The number of anilines is 2. The maximum absolute atomic E-state index is 13.8. The van der Waals surface area contributed by atoms with Crippen LogP contribution in [0.4, 0.5) is 15.9 Å². The fourth-order valence-electron chi connectivity index (χ4n) is 2.12. The third-order valence-electron chi connectivity index (χ3n) is 3.23. The molecule has 21 heavy (non-hydrogen) atoms. The Bertz CT molecular complexity index is 746. The van der Waals surface area contributed by atoms with E-state index in [4.69, 9.17) is 0 Å². The monoisotopic (exact) mass is 345 g/mol. The SMILES string of the molecule is Cn1ncc(Br)c1Nc1ccc(-c2ccccc2F)cc1. The van der Waals surface area contributed by atoms with Crippen LogP contribution in [0.25, 0.3) is 11.1 Å². The quantitative estimate of drug-likeness (QED) is 0.743. The average Bonchev–Trinajstić information content (AvgIpc) is 2.81. The van der Waals surface area contributed by atoms with Crippen LogP contribution in [-0.4, -0.2) is 9.78 Å². The van der Waals surface area contributed by atoms with Gasteiger partial charge in [0, 0.05) is 18.3 Å². The summed E-state index contributed by atoms with van der Waals surface area (Å²) >= 11 is 3.44. The molecule has 0 saturated heterocycles. The lowest BCUT2D eigenvalue weighted by atomic mass is 10.0. The van der Waals surface area contributed by atoms with Gasteiger partial charge < -0.3 is 5.32 Å². The first-order valence-electron chi connectivity index (χ1n) is 6.44. The Morgan fingerprint density at radius 2 is 1.81 bits per heavy atom. The van der Waals surface area contributed by atoms with Crippen LogP contribution in [0.3, 0.4) is 0 Å². The first-order chi connectivity index (χ1) is 10.1. The molecule has 2 aromatic carbocycles. The van der Waals surface area contributed by atoms with Gasteiger partial charge in [-0.25, -0.2) is 4.39 Å². The molecule has 1 aromatic heterocycles. The molecule has 0 aliphatic carbocycles. The molecular formula is C16H13BrFN3. The Kier molecular flexibility index (Phi) is 3.75. The summed E-state index contributed by atoms with van der Waals surface area (Å²) in [5.41, 5.74) is 2.37. The second kappa shape index (κ2) is 5.69. The second-order valence-electron chi connectivity index (χ2n) is 4.65. The molecule has 0 aliphatic heterocycles. The zero-order chi connectivity index (χ0) is 14.8. The smallest absolute Gasteiger partial charge is 0.142 e. The molecule has 106 valence electrons. The van der Waals surface area contributed by atoms with Crippen LogP contribution in [0.2, 0.25) is 0 Å². The van der Waals surface area contributed by atoms with Gasteiger partial charge in [-0.3, -0.25) is 4.68 Å². The van der Waals surface area contributed by atoms with E-state index < -0.39 is 0 Å². The van der Waals surface area contributed by atoms with Crippen LogP contribution >= 0.6 is 15.9 Å². The molecule has 0 fully saturated rings. The van der Waals surface area contributed by atoms with Gasteiger partial charge in [0.15, 0.2) is 0 Å². The number of aromatic nitrogens is 2. The minimum atomic E-state index is -0.215. The summed E-state index contributed by atoms with van der Waals surface area (Å²) in [6.45, 7) is 0. The first kappa shape index (κ1) is 13.8. The average molecular weight is 346 g/mol. The van der Waals surface area contributed by atoms with Crippen molar-refractivity contribution in [3.8, 4) is 11.1 Å². The van der Waals surface area contributed by atoms with Gasteiger partial charge >= 0.3 is 0 Å². The summed E-state index contributed by atoms with van der Waals surface area (Å²) in [5, 5.41) is 7.42.